The zero-order valence-corrected chi connectivity index (χ0v) is 14.9. The van der Waals surface area contributed by atoms with Gasteiger partial charge < -0.3 is 10.6 Å². The smallest absolute Gasteiger partial charge is 0.249 e. The summed E-state index contributed by atoms with van der Waals surface area (Å²) < 4.78 is 14.8. The number of carbonyl (C=O) groups is 2. The number of halogens is 1. The molecular formula is C19H15FN4O2S. The lowest BCUT2D eigenvalue weighted by Crippen LogP contribution is -2.28. The molecule has 1 aliphatic rings. The Morgan fingerprint density at radius 3 is 2.74 bits per heavy atom. The highest BCUT2D eigenvalue weighted by Gasteiger charge is 2.33. The Hall–Kier alpha value is -3.13. The Morgan fingerprint density at radius 2 is 1.96 bits per heavy atom. The van der Waals surface area contributed by atoms with Gasteiger partial charge in [-0.1, -0.05) is 24.3 Å². The van der Waals surface area contributed by atoms with Gasteiger partial charge in [-0.25, -0.2) is 9.37 Å². The highest BCUT2D eigenvalue weighted by atomic mass is 32.1. The van der Waals surface area contributed by atoms with Crippen LogP contribution in [0.25, 0.3) is 10.9 Å². The molecular weight excluding hydrogens is 367 g/mol. The molecule has 6 nitrogen and oxygen atoms in total. The average Bonchev–Trinajstić information content (AvgIpc) is 2.98. The van der Waals surface area contributed by atoms with Crippen LogP contribution < -0.4 is 10.6 Å². The van der Waals surface area contributed by atoms with Gasteiger partial charge in [0.15, 0.2) is 0 Å². The van der Waals surface area contributed by atoms with E-state index in [9.17, 15) is 14.0 Å². The van der Waals surface area contributed by atoms with Gasteiger partial charge in [-0.15, -0.1) is 0 Å². The summed E-state index contributed by atoms with van der Waals surface area (Å²) in [5, 5.41) is 6.33. The number of benzene rings is 2. The molecule has 2 amide bonds. The summed E-state index contributed by atoms with van der Waals surface area (Å²) in [6.07, 6.45) is -0.0612. The van der Waals surface area contributed by atoms with Gasteiger partial charge in [0.1, 0.15) is 17.7 Å². The molecule has 0 saturated heterocycles. The summed E-state index contributed by atoms with van der Waals surface area (Å²) in [7, 11) is 0. The first-order valence-corrected chi connectivity index (χ1v) is 8.77. The summed E-state index contributed by atoms with van der Waals surface area (Å²) in [4.78, 5) is 29.1. The fourth-order valence-electron chi connectivity index (χ4n) is 3.12. The van der Waals surface area contributed by atoms with Crippen LogP contribution in [0.15, 0.2) is 48.5 Å². The molecule has 1 aromatic heterocycles. The molecule has 1 unspecified atom stereocenters. The molecule has 3 aromatic rings. The maximum atomic E-state index is 12.9. The molecule has 2 aromatic carbocycles. The van der Waals surface area contributed by atoms with E-state index in [1.165, 1.54) is 12.1 Å². The van der Waals surface area contributed by atoms with E-state index in [-0.39, 0.29) is 35.4 Å². The van der Waals surface area contributed by atoms with Crippen LogP contribution in [-0.4, -0.2) is 21.4 Å². The number of amides is 2. The van der Waals surface area contributed by atoms with Crippen molar-refractivity contribution in [2.75, 3.05) is 5.32 Å². The van der Waals surface area contributed by atoms with Crippen molar-refractivity contribution in [1.82, 2.24) is 14.9 Å². The Kier molecular flexibility index (Phi) is 4.41. The van der Waals surface area contributed by atoms with Crippen molar-refractivity contribution in [3.63, 3.8) is 0 Å². The first kappa shape index (κ1) is 17.3. The van der Waals surface area contributed by atoms with Crippen LogP contribution >= 0.6 is 12.2 Å². The summed E-state index contributed by atoms with van der Waals surface area (Å²) >= 11 is 5.33. The van der Waals surface area contributed by atoms with Crippen LogP contribution in [0.2, 0.25) is 0 Å². The molecule has 0 fully saturated rings. The quantitative estimate of drug-likeness (QED) is 0.680. The highest BCUT2D eigenvalue weighted by Crippen LogP contribution is 2.32. The fourth-order valence-corrected chi connectivity index (χ4v) is 3.44. The third-order valence-corrected chi connectivity index (χ3v) is 4.75. The molecule has 2 N–H and O–H groups in total. The zero-order valence-electron chi connectivity index (χ0n) is 14.1. The van der Waals surface area contributed by atoms with Gasteiger partial charge in [0.25, 0.3) is 0 Å². The SMILES string of the molecule is O=C(CC1C(=O)Nc2c3ccccc3nc(=S)n21)NCc1ccc(F)cc1. The molecule has 0 radical (unpaired) electrons. The van der Waals surface area contributed by atoms with Crippen LogP contribution in [0.1, 0.15) is 18.0 Å². The lowest BCUT2D eigenvalue weighted by molar-refractivity contribution is -0.126. The summed E-state index contributed by atoms with van der Waals surface area (Å²) in [5.41, 5.74) is 1.46. The third-order valence-electron chi connectivity index (χ3n) is 4.46. The molecule has 0 aliphatic carbocycles. The predicted molar refractivity (Wildman–Crippen MR) is 101 cm³/mol. The Labute approximate surface area is 159 Å². The number of hydrogen-bond acceptors (Lipinski definition) is 4. The lowest BCUT2D eigenvalue weighted by atomic mass is 10.1. The molecule has 2 heterocycles. The van der Waals surface area contributed by atoms with Crippen LogP contribution in [0.3, 0.4) is 0 Å². The minimum absolute atomic E-state index is 0.0612. The van der Waals surface area contributed by atoms with Gasteiger partial charge in [-0.05, 0) is 42.0 Å². The van der Waals surface area contributed by atoms with E-state index in [4.69, 9.17) is 12.2 Å². The number of carbonyl (C=O) groups excluding carboxylic acids is 2. The number of hydrogen-bond donors (Lipinski definition) is 2. The van der Waals surface area contributed by atoms with Crippen molar-refractivity contribution < 1.29 is 14.0 Å². The van der Waals surface area contributed by atoms with Crippen molar-refractivity contribution in [1.29, 1.82) is 0 Å². The van der Waals surface area contributed by atoms with Crippen molar-refractivity contribution in [3.05, 3.63) is 64.7 Å². The minimum Gasteiger partial charge on any atom is -0.352 e. The monoisotopic (exact) mass is 382 g/mol. The van der Waals surface area contributed by atoms with E-state index >= 15 is 0 Å². The lowest BCUT2D eigenvalue weighted by Gasteiger charge is -2.13. The van der Waals surface area contributed by atoms with Gasteiger partial charge in [0.2, 0.25) is 16.6 Å². The van der Waals surface area contributed by atoms with E-state index in [2.05, 4.69) is 15.6 Å². The van der Waals surface area contributed by atoms with E-state index in [0.29, 0.717) is 11.3 Å². The van der Waals surface area contributed by atoms with Crippen LogP contribution in [-0.2, 0) is 16.1 Å². The second-order valence-electron chi connectivity index (χ2n) is 6.24. The standard InChI is InChI=1S/C19H15FN4O2S/c20-12-7-5-11(6-8-12)10-21-16(25)9-15-18(26)23-17-13-3-1-2-4-14(13)22-19(27)24(15)17/h1-8,15H,9-10H2,(H,21,25)(H,23,26). The number of anilines is 1. The van der Waals surface area contributed by atoms with E-state index in [1.54, 1.807) is 16.7 Å². The average molecular weight is 382 g/mol. The molecule has 0 bridgehead atoms. The van der Waals surface area contributed by atoms with Crippen molar-refractivity contribution in [2.24, 2.45) is 0 Å². The molecule has 136 valence electrons. The molecule has 27 heavy (non-hydrogen) atoms. The molecule has 0 saturated carbocycles. The van der Waals surface area contributed by atoms with Crippen LogP contribution in [0.5, 0.6) is 0 Å². The Bertz CT molecular complexity index is 1110. The maximum absolute atomic E-state index is 12.9. The topological polar surface area (TPSA) is 76.0 Å². The normalized spacial score (nSPS) is 15.4. The summed E-state index contributed by atoms with van der Waals surface area (Å²) in [6, 6.07) is 12.5. The predicted octanol–water partition coefficient (Wildman–Crippen LogP) is 3.10. The van der Waals surface area contributed by atoms with Gasteiger partial charge >= 0.3 is 0 Å². The molecule has 1 aliphatic heterocycles. The number of fused-ring (bicyclic) bond motifs is 3. The zero-order chi connectivity index (χ0) is 19.0. The molecule has 0 spiro atoms. The third kappa shape index (κ3) is 3.31. The first-order valence-electron chi connectivity index (χ1n) is 8.36. The van der Waals surface area contributed by atoms with Crippen molar-refractivity contribution in [3.8, 4) is 0 Å². The van der Waals surface area contributed by atoms with Crippen LogP contribution in [0, 0.1) is 10.6 Å². The Morgan fingerprint density at radius 1 is 1.22 bits per heavy atom. The van der Waals surface area contributed by atoms with E-state index in [1.807, 2.05) is 24.3 Å². The van der Waals surface area contributed by atoms with E-state index in [0.717, 1.165) is 10.9 Å². The molecule has 8 heteroatoms. The summed E-state index contributed by atoms with van der Waals surface area (Å²) in [6.45, 7) is 0.252. The highest BCUT2D eigenvalue weighted by molar-refractivity contribution is 7.71. The van der Waals surface area contributed by atoms with Gasteiger partial charge in [0.05, 0.1) is 11.9 Å². The number of para-hydroxylation sites is 1. The van der Waals surface area contributed by atoms with Gasteiger partial charge in [0, 0.05) is 11.9 Å². The number of nitrogens with one attached hydrogen (secondary N) is 2. The van der Waals surface area contributed by atoms with Crippen molar-refractivity contribution in [2.45, 2.75) is 19.0 Å². The van der Waals surface area contributed by atoms with Crippen molar-refractivity contribution >= 4 is 40.8 Å². The second kappa shape index (κ2) is 6.88. The first-order chi connectivity index (χ1) is 13.0. The fraction of sp³-hybridized carbons (Fsp3) is 0.158. The van der Waals surface area contributed by atoms with Crippen LogP contribution in [0.4, 0.5) is 10.2 Å². The second-order valence-corrected chi connectivity index (χ2v) is 6.61. The van der Waals surface area contributed by atoms with Gasteiger partial charge in [-0.2, -0.15) is 0 Å². The maximum Gasteiger partial charge on any atom is 0.249 e. The van der Waals surface area contributed by atoms with E-state index < -0.39 is 6.04 Å². The van der Waals surface area contributed by atoms with Gasteiger partial charge in [-0.3, -0.25) is 14.2 Å². The Balaban J connectivity index is 1.54. The number of nitrogens with zero attached hydrogens (tertiary/aromatic N) is 2. The number of aromatic nitrogens is 2. The largest absolute Gasteiger partial charge is 0.352 e. The molecule has 1 atom stereocenters. The number of rotatable bonds is 4. The summed E-state index contributed by atoms with van der Waals surface area (Å²) in [5.74, 6) is -0.371. The molecule has 4 rings (SSSR count). The minimum atomic E-state index is -0.752.